The van der Waals surface area contributed by atoms with E-state index in [-0.39, 0.29) is 5.75 Å². The summed E-state index contributed by atoms with van der Waals surface area (Å²) < 4.78 is 28.6. The van der Waals surface area contributed by atoms with Gasteiger partial charge in [-0.15, -0.1) is 0 Å². The molecule has 0 spiro atoms. The van der Waals surface area contributed by atoms with E-state index in [0.717, 1.165) is 24.9 Å². The van der Waals surface area contributed by atoms with Crippen molar-refractivity contribution >= 4 is 0 Å². The van der Waals surface area contributed by atoms with Gasteiger partial charge in [0, 0.05) is 6.04 Å². The summed E-state index contributed by atoms with van der Waals surface area (Å²) in [6, 6.07) is 5.66. The van der Waals surface area contributed by atoms with Crippen LogP contribution in [-0.4, -0.2) is 13.2 Å². The number of hydrogen-bond acceptors (Lipinski definition) is 2. The first-order chi connectivity index (χ1) is 7.74. The van der Waals surface area contributed by atoms with Crippen molar-refractivity contribution in [2.45, 2.75) is 31.4 Å². The van der Waals surface area contributed by atoms with Crippen molar-refractivity contribution < 1.29 is 13.5 Å². The molecule has 1 aliphatic heterocycles. The molecule has 3 rings (SSSR count). The SMILES string of the molecule is FC(F)Oc1ccc2c(c1)[C@@H]1C[C@H]2CCN1. The maximum Gasteiger partial charge on any atom is 0.387 e. The van der Waals surface area contributed by atoms with E-state index in [4.69, 9.17) is 0 Å². The summed E-state index contributed by atoms with van der Waals surface area (Å²) in [5, 5.41) is 3.40. The average Bonchev–Trinajstić information content (AvgIpc) is 2.50. The van der Waals surface area contributed by atoms with Gasteiger partial charge in [-0.05, 0) is 48.6 Å². The summed E-state index contributed by atoms with van der Waals surface area (Å²) in [7, 11) is 0. The molecule has 2 atom stereocenters. The van der Waals surface area contributed by atoms with Crippen LogP contribution in [0, 0.1) is 0 Å². The van der Waals surface area contributed by atoms with Gasteiger partial charge in [-0.3, -0.25) is 0 Å². The molecule has 1 aliphatic carbocycles. The van der Waals surface area contributed by atoms with Gasteiger partial charge in [-0.25, -0.2) is 0 Å². The second kappa shape index (κ2) is 3.70. The monoisotopic (exact) mass is 225 g/mol. The number of ether oxygens (including phenoxy) is 1. The number of rotatable bonds is 2. The minimum Gasteiger partial charge on any atom is -0.435 e. The third kappa shape index (κ3) is 1.57. The van der Waals surface area contributed by atoms with E-state index in [1.165, 1.54) is 5.56 Å². The van der Waals surface area contributed by atoms with Gasteiger partial charge in [-0.2, -0.15) is 8.78 Å². The quantitative estimate of drug-likeness (QED) is 0.835. The van der Waals surface area contributed by atoms with E-state index in [1.54, 1.807) is 12.1 Å². The topological polar surface area (TPSA) is 21.3 Å². The fourth-order valence-electron chi connectivity index (χ4n) is 2.84. The molecule has 86 valence electrons. The van der Waals surface area contributed by atoms with Gasteiger partial charge in [0.05, 0.1) is 0 Å². The fraction of sp³-hybridized carbons (Fsp3) is 0.500. The van der Waals surface area contributed by atoms with Crippen LogP contribution in [-0.2, 0) is 0 Å². The smallest absolute Gasteiger partial charge is 0.387 e. The van der Waals surface area contributed by atoms with Crippen molar-refractivity contribution in [3.05, 3.63) is 29.3 Å². The molecule has 0 radical (unpaired) electrons. The predicted molar refractivity (Wildman–Crippen MR) is 55.8 cm³/mol. The number of halogens is 2. The van der Waals surface area contributed by atoms with Crippen LogP contribution in [0.25, 0.3) is 0 Å². The second-order valence-electron chi connectivity index (χ2n) is 4.40. The standard InChI is InChI=1S/C12H13F2NO/c13-12(14)16-8-1-2-9-7-3-4-15-11(5-7)10(9)6-8/h1-2,6-7,11-12,15H,3-5H2/t7-,11+/m1/s1. The molecular weight excluding hydrogens is 212 g/mol. The van der Waals surface area contributed by atoms with Gasteiger partial charge in [0.2, 0.25) is 0 Å². The van der Waals surface area contributed by atoms with E-state index in [0.29, 0.717) is 12.0 Å². The minimum absolute atomic E-state index is 0.267. The molecule has 0 unspecified atom stereocenters. The van der Waals surface area contributed by atoms with Crippen LogP contribution < -0.4 is 10.1 Å². The van der Waals surface area contributed by atoms with Crippen molar-refractivity contribution in [2.24, 2.45) is 0 Å². The third-order valence-corrected chi connectivity index (χ3v) is 3.50. The van der Waals surface area contributed by atoms with Crippen LogP contribution in [0.4, 0.5) is 8.78 Å². The molecule has 1 aromatic rings. The van der Waals surface area contributed by atoms with Gasteiger partial charge in [-0.1, -0.05) is 6.07 Å². The number of benzene rings is 1. The molecule has 1 fully saturated rings. The maximum atomic E-state index is 12.1. The van der Waals surface area contributed by atoms with Crippen LogP contribution in [0.15, 0.2) is 18.2 Å². The number of fused-ring (bicyclic) bond motifs is 5. The third-order valence-electron chi connectivity index (χ3n) is 3.50. The lowest BCUT2D eigenvalue weighted by molar-refractivity contribution is -0.0499. The molecule has 1 saturated heterocycles. The zero-order valence-corrected chi connectivity index (χ0v) is 8.75. The Morgan fingerprint density at radius 2 is 2.19 bits per heavy atom. The largest absolute Gasteiger partial charge is 0.435 e. The number of piperidine rings is 1. The van der Waals surface area contributed by atoms with Crippen LogP contribution in [0.3, 0.4) is 0 Å². The number of hydrogen-bond donors (Lipinski definition) is 1. The average molecular weight is 225 g/mol. The van der Waals surface area contributed by atoms with E-state index in [9.17, 15) is 8.78 Å². The molecule has 0 aromatic heterocycles. The van der Waals surface area contributed by atoms with Gasteiger partial charge in [0.15, 0.2) is 0 Å². The molecule has 1 N–H and O–H groups in total. The van der Waals surface area contributed by atoms with Crippen LogP contribution >= 0.6 is 0 Å². The molecule has 16 heavy (non-hydrogen) atoms. The maximum absolute atomic E-state index is 12.1. The highest BCUT2D eigenvalue weighted by Crippen LogP contribution is 2.45. The van der Waals surface area contributed by atoms with Crippen LogP contribution in [0.1, 0.15) is 35.9 Å². The van der Waals surface area contributed by atoms with Crippen molar-refractivity contribution in [3.63, 3.8) is 0 Å². The normalized spacial score (nSPS) is 26.9. The molecule has 1 heterocycles. The van der Waals surface area contributed by atoms with Gasteiger partial charge in [0.25, 0.3) is 0 Å². The molecule has 0 amide bonds. The molecule has 1 aromatic carbocycles. The first kappa shape index (κ1) is 10.0. The molecule has 0 saturated carbocycles. The summed E-state index contributed by atoms with van der Waals surface area (Å²) in [6.07, 6.45) is 2.23. The number of nitrogens with one attached hydrogen (secondary N) is 1. The van der Waals surface area contributed by atoms with Gasteiger partial charge in [0.1, 0.15) is 5.75 Å². The second-order valence-corrected chi connectivity index (χ2v) is 4.40. The van der Waals surface area contributed by atoms with Gasteiger partial charge < -0.3 is 10.1 Å². The lowest BCUT2D eigenvalue weighted by Gasteiger charge is -2.20. The van der Waals surface area contributed by atoms with Crippen molar-refractivity contribution in [3.8, 4) is 5.75 Å². The molecule has 2 nitrogen and oxygen atoms in total. The summed E-state index contributed by atoms with van der Waals surface area (Å²) >= 11 is 0. The predicted octanol–water partition coefficient (Wildman–Crippen LogP) is 2.81. The highest BCUT2D eigenvalue weighted by atomic mass is 19.3. The Hall–Kier alpha value is -1.16. The van der Waals surface area contributed by atoms with Crippen molar-refractivity contribution in [1.82, 2.24) is 5.32 Å². The van der Waals surface area contributed by atoms with Crippen LogP contribution in [0.5, 0.6) is 5.75 Å². The highest BCUT2D eigenvalue weighted by molar-refractivity contribution is 5.44. The Labute approximate surface area is 92.6 Å². The van der Waals surface area contributed by atoms with E-state index >= 15 is 0 Å². The Bertz CT molecular complexity index is 408. The van der Waals surface area contributed by atoms with E-state index < -0.39 is 6.61 Å². The van der Waals surface area contributed by atoms with Crippen molar-refractivity contribution in [1.29, 1.82) is 0 Å². The van der Waals surface area contributed by atoms with E-state index in [2.05, 4.69) is 10.1 Å². The molecule has 2 aliphatic rings. The first-order valence-corrected chi connectivity index (χ1v) is 5.56. The lowest BCUT2D eigenvalue weighted by atomic mass is 9.97. The fourth-order valence-corrected chi connectivity index (χ4v) is 2.84. The minimum atomic E-state index is -2.74. The number of alkyl halides is 2. The zero-order chi connectivity index (χ0) is 11.1. The Morgan fingerprint density at radius 3 is 3.00 bits per heavy atom. The summed E-state index contributed by atoms with van der Waals surface area (Å²) in [5.74, 6) is 0.866. The van der Waals surface area contributed by atoms with Gasteiger partial charge >= 0.3 is 6.61 Å². The first-order valence-electron chi connectivity index (χ1n) is 5.56. The van der Waals surface area contributed by atoms with Crippen LogP contribution in [0.2, 0.25) is 0 Å². The Morgan fingerprint density at radius 1 is 1.31 bits per heavy atom. The van der Waals surface area contributed by atoms with E-state index in [1.807, 2.05) is 6.07 Å². The highest BCUT2D eigenvalue weighted by Gasteiger charge is 2.34. The molecule has 2 bridgehead atoms. The lowest BCUT2D eigenvalue weighted by Crippen LogP contribution is -2.25. The molecule has 4 heteroatoms. The zero-order valence-electron chi connectivity index (χ0n) is 8.75. The molecular formula is C12H13F2NO. The van der Waals surface area contributed by atoms with Crippen molar-refractivity contribution in [2.75, 3.05) is 6.54 Å². The Balaban J connectivity index is 1.94. The summed E-state index contributed by atoms with van der Waals surface area (Å²) in [5.41, 5.74) is 2.44. The summed E-state index contributed by atoms with van der Waals surface area (Å²) in [6.45, 7) is -1.73. The summed E-state index contributed by atoms with van der Waals surface area (Å²) in [4.78, 5) is 0. The Kier molecular flexibility index (Phi) is 2.32.